The number of esters is 2. The highest BCUT2D eigenvalue weighted by Crippen LogP contribution is 2.16. The van der Waals surface area contributed by atoms with E-state index in [1.165, 1.54) is 154 Å². The van der Waals surface area contributed by atoms with Crippen LogP contribution in [0.4, 0.5) is 0 Å². The second kappa shape index (κ2) is 42.7. The summed E-state index contributed by atoms with van der Waals surface area (Å²) in [7, 11) is 5.90. The third kappa shape index (κ3) is 43.9. The number of carboxylic acid groups (broad SMARTS) is 1. The lowest BCUT2D eigenvalue weighted by Gasteiger charge is -2.26. The van der Waals surface area contributed by atoms with E-state index in [9.17, 15) is 19.5 Å². The molecule has 0 aromatic carbocycles. The molecule has 2 unspecified atom stereocenters. The summed E-state index contributed by atoms with van der Waals surface area (Å²) in [4.78, 5) is 36.7. The van der Waals surface area contributed by atoms with Gasteiger partial charge >= 0.3 is 11.9 Å². The van der Waals surface area contributed by atoms with E-state index in [-0.39, 0.29) is 32.2 Å². The van der Waals surface area contributed by atoms with Crippen molar-refractivity contribution >= 4 is 17.9 Å². The molecule has 0 saturated heterocycles. The summed E-state index contributed by atoms with van der Waals surface area (Å²) < 4.78 is 22.4. The van der Waals surface area contributed by atoms with E-state index < -0.39 is 24.3 Å². The van der Waals surface area contributed by atoms with Crippen LogP contribution in [-0.2, 0) is 33.3 Å². The molecule has 0 heterocycles. The van der Waals surface area contributed by atoms with Crippen LogP contribution < -0.4 is 5.11 Å². The molecule has 9 heteroatoms. The van der Waals surface area contributed by atoms with Crippen molar-refractivity contribution in [1.82, 2.24) is 0 Å². The minimum Gasteiger partial charge on any atom is -0.545 e. The highest BCUT2D eigenvalue weighted by molar-refractivity contribution is 5.70. The third-order valence-corrected chi connectivity index (χ3v) is 11.0. The lowest BCUT2D eigenvalue weighted by molar-refractivity contribution is -0.870. The Bertz CT molecular complexity index is 980. The third-order valence-electron chi connectivity index (χ3n) is 11.0. The fourth-order valence-corrected chi connectivity index (χ4v) is 7.12. The highest BCUT2D eigenvalue weighted by atomic mass is 16.7. The highest BCUT2D eigenvalue weighted by Gasteiger charge is 2.21. The van der Waals surface area contributed by atoms with Crippen molar-refractivity contribution in [3.63, 3.8) is 0 Å². The molecule has 2 atom stereocenters. The Kier molecular flexibility index (Phi) is 41.3. The molecule has 0 spiro atoms. The number of quaternary nitrogens is 1. The van der Waals surface area contributed by atoms with Gasteiger partial charge in [-0.05, 0) is 38.5 Å². The van der Waals surface area contributed by atoms with Gasteiger partial charge < -0.3 is 33.3 Å². The molecule has 0 aromatic heterocycles. The van der Waals surface area contributed by atoms with Crippen LogP contribution in [-0.4, -0.2) is 82.3 Å². The van der Waals surface area contributed by atoms with Gasteiger partial charge in [0.1, 0.15) is 13.2 Å². The quantitative estimate of drug-likeness (QED) is 0.0196. The van der Waals surface area contributed by atoms with E-state index in [0.717, 1.165) is 51.4 Å². The number of aliphatic carboxylic acids is 1. The molecule has 0 amide bonds. The Labute approximate surface area is 364 Å². The fourth-order valence-electron chi connectivity index (χ4n) is 7.12. The van der Waals surface area contributed by atoms with E-state index in [1.807, 2.05) is 21.1 Å². The molecule has 348 valence electrons. The monoisotopic (exact) mass is 838 g/mol. The van der Waals surface area contributed by atoms with Crippen molar-refractivity contribution in [3.8, 4) is 0 Å². The topological polar surface area (TPSA) is 111 Å². The number of carboxylic acids is 1. The summed E-state index contributed by atoms with van der Waals surface area (Å²) in [5.41, 5.74) is 0. The summed E-state index contributed by atoms with van der Waals surface area (Å²) >= 11 is 0. The van der Waals surface area contributed by atoms with E-state index in [0.29, 0.717) is 17.4 Å². The molecular weight excluding hydrogens is 743 g/mol. The van der Waals surface area contributed by atoms with Gasteiger partial charge in [-0.3, -0.25) is 9.59 Å². The molecule has 59 heavy (non-hydrogen) atoms. The minimum absolute atomic E-state index is 0.151. The van der Waals surface area contributed by atoms with Crippen molar-refractivity contribution < 1.29 is 42.9 Å². The summed E-state index contributed by atoms with van der Waals surface area (Å²) in [6.07, 6.45) is 43.2. The number of nitrogens with zero attached hydrogens (tertiary/aromatic N) is 1. The Morgan fingerprint density at radius 1 is 0.492 bits per heavy atom. The summed E-state index contributed by atoms with van der Waals surface area (Å²) in [5.74, 6) is -2.29. The van der Waals surface area contributed by atoms with Gasteiger partial charge in [0.25, 0.3) is 0 Å². The fraction of sp³-hybridized carbons (Fsp3) is 0.900. The lowest BCUT2D eigenvalue weighted by Crippen LogP contribution is -2.44. The molecule has 0 radical (unpaired) electrons. The lowest BCUT2D eigenvalue weighted by atomic mass is 10.0. The normalized spacial score (nSPS) is 12.9. The maximum absolute atomic E-state index is 12.7. The number of carbonyl (C=O) groups excluding carboxylic acids is 3. The molecule has 0 aromatic rings. The van der Waals surface area contributed by atoms with Crippen LogP contribution in [0.15, 0.2) is 12.2 Å². The van der Waals surface area contributed by atoms with Gasteiger partial charge in [0.2, 0.25) is 0 Å². The smallest absolute Gasteiger partial charge is 0.306 e. The first-order valence-electron chi connectivity index (χ1n) is 24.8. The van der Waals surface area contributed by atoms with Crippen LogP contribution in [0, 0.1) is 0 Å². The number of unbranched alkanes of at least 4 members (excludes halogenated alkanes) is 29. The van der Waals surface area contributed by atoms with Gasteiger partial charge in [0.05, 0.1) is 40.3 Å². The van der Waals surface area contributed by atoms with E-state index in [4.69, 9.17) is 18.9 Å². The minimum atomic E-state index is -1.61. The molecule has 9 nitrogen and oxygen atoms in total. The van der Waals surface area contributed by atoms with Crippen molar-refractivity contribution in [2.45, 2.75) is 245 Å². The van der Waals surface area contributed by atoms with E-state index in [2.05, 4.69) is 26.0 Å². The maximum Gasteiger partial charge on any atom is 0.306 e. The largest absolute Gasteiger partial charge is 0.545 e. The Balaban J connectivity index is 3.96. The van der Waals surface area contributed by atoms with Gasteiger partial charge in [-0.15, -0.1) is 0 Å². The first-order valence-corrected chi connectivity index (χ1v) is 24.8. The molecule has 0 aliphatic rings. The Morgan fingerprint density at radius 2 is 0.864 bits per heavy atom. The second-order valence-corrected chi connectivity index (χ2v) is 18.1. The van der Waals surface area contributed by atoms with Gasteiger partial charge in [-0.1, -0.05) is 193 Å². The molecule has 0 rings (SSSR count). The predicted octanol–water partition coefficient (Wildman–Crippen LogP) is 12.1. The average molecular weight is 838 g/mol. The first kappa shape index (κ1) is 57.0. The summed E-state index contributed by atoms with van der Waals surface area (Å²) in [6.45, 7) is 4.67. The number of hydrogen-bond donors (Lipinski definition) is 0. The van der Waals surface area contributed by atoms with Crippen molar-refractivity contribution in [2.24, 2.45) is 0 Å². The zero-order valence-corrected chi connectivity index (χ0v) is 39.4. The summed E-state index contributed by atoms with van der Waals surface area (Å²) in [6, 6.07) is 0. The summed E-state index contributed by atoms with van der Waals surface area (Å²) in [5, 5.41) is 11.6. The average Bonchev–Trinajstić information content (AvgIpc) is 3.19. The predicted molar refractivity (Wildman–Crippen MR) is 242 cm³/mol. The van der Waals surface area contributed by atoms with E-state index >= 15 is 0 Å². The van der Waals surface area contributed by atoms with Crippen LogP contribution in [0.1, 0.15) is 232 Å². The van der Waals surface area contributed by atoms with Crippen LogP contribution in [0.25, 0.3) is 0 Å². The number of hydrogen-bond acceptors (Lipinski definition) is 8. The number of ether oxygens (including phenoxy) is 4. The molecule has 0 fully saturated rings. The molecule has 0 aliphatic carbocycles. The standard InChI is InChI=1S/C50H95NO8/c1-6-8-10-12-13-14-15-16-17-18-19-20-21-22-23-24-25-26-27-28-29-30-31-32-33-34-35-37-39-41-48(53)59-46(44-57-47(52)40-38-36-11-9-7-2)45-58-50(49(54)55)56-43-42-51(3,4)5/h18-19,46,50H,6-17,20-45H2,1-5H3/b19-18-. The van der Waals surface area contributed by atoms with Gasteiger partial charge in [-0.25, -0.2) is 0 Å². The van der Waals surface area contributed by atoms with Crippen molar-refractivity contribution in [1.29, 1.82) is 0 Å². The number of likely N-dealkylation sites (N-methyl/N-ethyl adjacent to an activating group) is 1. The number of allylic oxidation sites excluding steroid dienone is 2. The molecule has 0 bridgehead atoms. The van der Waals surface area contributed by atoms with Crippen molar-refractivity contribution in [2.75, 3.05) is 47.5 Å². The Hall–Kier alpha value is -1.97. The number of carbonyl (C=O) groups is 3. The van der Waals surface area contributed by atoms with Crippen LogP contribution in [0.3, 0.4) is 0 Å². The molecule has 0 saturated carbocycles. The molecule has 0 aliphatic heterocycles. The van der Waals surface area contributed by atoms with Gasteiger partial charge in [-0.2, -0.15) is 0 Å². The zero-order chi connectivity index (χ0) is 43.5. The van der Waals surface area contributed by atoms with Gasteiger partial charge in [0, 0.05) is 12.8 Å². The van der Waals surface area contributed by atoms with Crippen LogP contribution in [0.2, 0.25) is 0 Å². The molecule has 0 N–H and O–H groups in total. The first-order chi connectivity index (χ1) is 28.6. The van der Waals surface area contributed by atoms with Gasteiger partial charge in [0.15, 0.2) is 12.4 Å². The van der Waals surface area contributed by atoms with Crippen LogP contribution in [0.5, 0.6) is 0 Å². The number of rotatable bonds is 46. The Morgan fingerprint density at radius 3 is 1.25 bits per heavy atom. The van der Waals surface area contributed by atoms with Crippen molar-refractivity contribution in [3.05, 3.63) is 12.2 Å². The molecular formula is C50H95NO8. The van der Waals surface area contributed by atoms with E-state index in [1.54, 1.807) is 0 Å². The maximum atomic E-state index is 12.7. The van der Waals surface area contributed by atoms with Crippen LogP contribution >= 0.6 is 0 Å². The second-order valence-electron chi connectivity index (χ2n) is 18.1. The SMILES string of the molecule is CCCCCCCCCC/C=C\CCCCCCCCCCCCCCCCCCCC(=O)OC(COC(=O)CCCCCCC)COC(OCC[N+](C)(C)C)C(=O)[O-]. The zero-order valence-electron chi connectivity index (χ0n) is 39.4.